The van der Waals surface area contributed by atoms with Crippen LogP contribution in [0, 0.1) is 0 Å². The van der Waals surface area contributed by atoms with Crippen LogP contribution < -0.4 is 5.63 Å². The van der Waals surface area contributed by atoms with E-state index in [1.807, 2.05) is 12.1 Å². The van der Waals surface area contributed by atoms with Gasteiger partial charge in [0.25, 0.3) is 5.91 Å². The minimum absolute atomic E-state index is 0.0248. The van der Waals surface area contributed by atoms with Gasteiger partial charge in [0.2, 0.25) is 0 Å². The van der Waals surface area contributed by atoms with Gasteiger partial charge >= 0.3 is 5.63 Å². The number of amides is 1. The van der Waals surface area contributed by atoms with Crippen LogP contribution >= 0.6 is 0 Å². The van der Waals surface area contributed by atoms with Crippen LogP contribution in [-0.4, -0.2) is 28.0 Å². The Kier molecular flexibility index (Phi) is 4.25. The Balaban J connectivity index is 1.56. The summed E-state index contributed by atoms with van der Waals surface area (Å²) in [5.41, 5.74) is 1.20. The topological polar surface area (TPSA) is 89.4 Å². The molecule has 27 heavy (non-hydrogen) atoms. The molecule has 7 heteroatoms. The molecule has 0 fully saturated rings. The second-order valence-corrected chi connectivity index (χ2v) is 6.07. The first-order valence-electron chi connectivity index (χ1n) is 8.26. The van der Waals surface area contributed by atoms with Crippen LogP contribution in [0.15, 0.2) is 74.7 Å². The Morgan fingerprint density at radius 3 is 2.81 bits per heavy atom. The summed E-state index contributed by atoms with van der Waals surface area (Å²) in [6, 6.07) is 14.0. The van der Waals surface area contributed by atoms with Crippen LogP contribution in [-0.2, 0) is 6.54 Å². The number of carbonyl (C=O) groups is 1. The number of benzene rings is 1. The van der Waals surface area contributed by atoms with Crippen molar-refractivity contribution >= 4 is 16.9 Å². The first kappa shape index (κ1) is 16.7. The highest BCUT2D eigenvalue weighted by Crippen LogP contribution is 2.19. The van der Waals surface area contributed by atoms with Crippen molar-refractivity contribution in [2.45, 2.75) is 6.54 Å². The molecule has 1 aromatic carbocycles. The molecule has 0 unspecified atom stereocenters. The second kappa shape index (κ2) is 6.87. The summed E-state index contributed by atoms with van der Waals surface area (Å²) >= 11 is 0. The highest BCUT2D eigenvalue weighted by atomic mass is 16.5. The third kappa shape index (κ3) is 3.35. The van der Waals surface area contributed by atoms with E-state index in [0.717, 1.165) is 5.56 Å². The summed E-state index contributed by atoms with van der Waals surface area (Å²) in [4.78, 5) is 30.3. The average Bonchev–Trinajstić information content (AvgIpc) is 3.16. The molecule has 0 N–H and O–H groups in total. The lowest BCUT2D eigenvalue weighted by molar-refractivity contribution is 0.0768. The van der Waals surface area contributed by atoms with E-state index in [1.54, 1.807) is 55.8 Å². The van der Waals surface area contributed by atoms with Crippen molar-refractivity contribution in [1.29, 1.82) is 0 Å². The van der Waals surface area contributed by atoms with Crippen molar-refractivity contribution in [3.8, 4) is 11.3 Å². The van der Waals surface area contributed by atoms with Gasteiger partial charge in [-0.05, 0) is 24.3 Å². The van der Waals surface area contributed by atoms with Crippen molar-refractivity contribution in [3.63, 3.8) is 0 Å². The fourth-order valence-electron chi connectivity index (χ4n) is 2.76. The first-order chi connectivity index (χ1) is 13.1. The number of hydrogen-bond acceptors (Lipinski definition) is 6. The Labute approximate surface area is 153 Å². The molecule has 3 heterocycles. The van der Waals surface area contributed by atoms with Gasteiger partial charge in [0.05, 0.1) is 6.54 Å². The summed E-state index contributed by atoms with van der Waals surface area (Å²) in [6.07, 6.45) is 3.35. The average molecular weight is 361 g/mol. The van der Waals surface area contributed by atoms with Gasteiger partial charge < -0.3 is 13.8 Å². The number of rotatable bonds is 4. The molecule has 4 aromatic rings. The van der Waals surface area contributed by atoms with Gasteiger partial charge in [0.15, 0.2) is 5.76 Å². The third-order valence-electron chi connectivity index (χ3n) is 4.13. The van der Waals surface area contributed by atoms with Crippen LogP contribution in [0.5, 0.6) is 0 Å². The largest absolute Gasteiger partial charge is 0.422 e. The number of aromatic nitrogens is 2. The predicted molar refractivity (Wildman–Crippen MR) is 98.0 cm³/mol. The van der Waals surface area contributed by atoms with Crippen LogP contribution in [0.2, 0.25) is 0 Å². The Morgan fingerprint density at radius 2 is 2.00 bits per heavy atom. The summed E-state index contributed by atoms with van der Waals surface area (Å²) in [5.74, 6) is 0.0451. The standard InChI is InChI=1S/C20H15N3O4/c1-23(12-15-10-17(22-27-15)14-6-4-8-21-11-14)19(24)16-9-13-5-2-3-7-18(13)26-20(16)25/h2-11H,12H2,1H3. The molecule has 0 aliphatic rings. The molecule has 4 rings (SSSR count). The Bertz CT molecular complexity index is 1160. The van der Waals surface area contributed by atoms with E-state index < -0.39 is 11.5 Å². The molecule has 0 aliphatic carbocycles. The van der Waals surface area contributed by atoms with Crippen LogP contribution in [0.3, 0.4) is 0 Å². The Hall–Kier alpha value is -3.74. The van der Waals surface area contributed by atoms with Gasteiger partial charge in [0, 0.05) is 36.5 Å². The van der Waals surface area contributed by atoms with E-state index in [4.69, 9.17) is 8.94 Å². The van der Waals surface area contributed by atoms with E-state index in [-0.39, 0.29) is 12.1 Å². The third-order valence-corrected chi connectivity index (χ3v) is 4.13. The van der Waals surface area contributed by atoms with E-state index in [9.17, 15) is 9.59 Å². The second-order valence-electron chi connectivity index (χ2n) is 6.07. The normalized spacial score (nSPS) is 10.9. The Morgan fingerprint density at radius 1 is 1.15 bits per heavy atom. The van der Waals surface area contributed by atoms with Gasteiger partial charge in [-0.1, -0.05) is 23.4 Å². The number of carbonyl (C=O) groups excluding carboxylic acids is 1. The molecule has 3 aromatic heterocycles. The van der Waals surface area contributed by atoms with Crippen molar-refractivity contribution in [3.05, 3.63) is 82.7 Å². The highest BCUT2D eigenvalue weighted by Gasteiger charge is 2.19. The van der Waals surface area contributed by atoms with Crippen molar-refractivity contribution in [1.82, 2.24) is 15.0 Å². The zero-order valence-electron chi connectivity index (χ0n) is 14.5. The number of para-hydroxylation sites is 1. The molecule has 0 aliphatic heterocycles. The summed E-state index contributed by atoms with van der Waals surface area (Å²) in [7, 11) is 1.59. The van der Waals surface area contributed by atoms with Crippen LogP contribution in [0.1, 0.15) is 16.1 Å². The number of fused-ring (bicyclic) bond motifs is 1. The molecular weight excluding hydrogens is 346 g/mol. The number of pyridine rings is 1. The molecule has 7 nitrogen and oxygen atoms in total. The van der Waals surface area contributed by atoms with Crippen molar-refractivity contribution in [2.24, 2.45) is 0 Å². The van der Waals surface area contributed by atoms with Gasteiger partial charge in [-0.2, -0.15) is 0 Å². The molecule has 1 amide bonds. The monoisotopic (exact) mass is 361 g/mol. The van der Waals surface area contributed by atoms with Gasteiger partial charge in [-0.3, -0.25) is 9.78 Å². The fourth-order valence-corrected chi connectivity index (χ4v) is 2.76. The zero-order valence-corrected chi connectivity index (χ0v) is 14.5. The fraction of sp³-hybridized carbons (Fsp3) is 0.100. The molecular formula is C20H15N3O4. The molecule has 134 valence electrons. The maximum absolute atomic E-state index is 12.7. The van der Waals surface area contributed by atoms with E-state index in [1.165, 1.54) is 4.90 Å². The number of hydrogen-bond donors (Lipinski definition) is 0. The molecule has 0 saturated heterocycles. The van der Waals surface area contributed by atoms with E-state index in [0.29, 0.717) is 22.4 Å². The summed E-state index contributed by atoms with van der Waals surface area (Å²) in [6.45, 7) is 0.165. The molecule has 0 spiro atoms. The summed E-state index contributed by atoms with van der Waals surface area (Å²) < 4.78 is 10.5. The SMILES string of the molecule is CN(Cc1cc(-c2cccnc2)no1)C(=O)c1cc2ccccc2oc1=O. The molecule has 0 atom stereocenters. The summed E-state index contributed by atoms with van der Waals surface area (Å²) in [5, 5.41) is 4.68. The quantitative estimate of drug-likeness (QED) is 0.519. The van der Waals surface area contributed by atoms with E-state index >= 15 is 0 Å². The zero-order chi connectivity index (χ0) is 18.8. The lowest BCUT2D eigenvalue weighted by Gasteiger charge is -2.14. The molecule has 0 radical (unpaired) electrons. The maximum atomic E-state index is 12.7. The highest BCUT2D eigenvalue weighted by molar-refractivity contribution is 5.96. The van der Waals surface area contributed by atoms with Gasteiger partial charge in [-0.15, -0.1) is 0 Å². The van der Waals surface area contributed by atoms with Crippen molar-refractivity contribution < 1.29 is 13.7 Å². The molecule has 0 bridgehead atoms. The lowest BCUT2D eigenvalue weighted by atomic mass is 10.1. The van der Waals surface area contributed by atoms with Crippen LogP contribution in [0.25, 0.3) is 22.2 Å². The van der Waals surface area contributed by atoms with E-state index in [2.05, 4.69) is 10.1 Å². The minimum Gasteiger partial charge on any atom is -0.422 e. The van der Waals surface area contributed by atoms with Gasteiger partial charge in [0.1, 0.15) is 16.8 Å². The minimum atomic E-state index is -0.667. The maximum Gasteiger partial charge on any atom is 0.349 e. The van der Waals surface area contributed by atoms with Gasteiger partial charge in [-0.25, -0.2) is 4.79 Å². The first-order valence-corrected chi connectivity index (χ1v) is 8.26. The van der Waals surface area contributed by atoms with Crippen molar-refractivity contribution in [2.75, 3.05) is 7.05 Å². The lowest BCUT2D eigenvalue weighted by Crippen LogP contribution is -2.30. The predicted octanol–water partition coefficient (Wildman–Crippen LogP) is 3.12. The smallest absolute Gasteiger partial charge is 0.349 e. The number of nitrogens with zero attached hydrogens (tertiary/aromatic N) is 3. The van der Waals surface area contributed by atoms with Crippen LogP contribution in [0.4, 0.5) is 0 Å². The molecule has 0 saturated carbocycles.